The summed E-state index contributed by atoms with van der Waals surface area (Å²) in [5.74, 6) is 1.04. The molecule has 2 rings (SSSR count). The summed E-state index contributed by atoms with van der Waals surface area (Å²) in [6.45, 7) is 3.80. The predicted octanol–water partition coefficient (Wildman–Crippen LogP) is 1.56. The number of hydrogen-bond acceptors (Lipinski definition) is 3. The van der Waals surface area contributed by atoms with Gasteiger partial charge >= 0.3 is 0 Å². The number of ether oxygens (including phenoxy) is 1. The second kappa shape index (κ2) is 6.06. The molecule has 0 aliphatic carbocycles. The smallest absolute Gasteiger partial charge is 0.226 e. The first-order chi connectivity index (χ1) is 9.15. The molecule has 0 saturated carbocycles. The van der Waals surface area contributed by atoms with Crippen LogP contribution < -0.4 is 10.5 Å². The molecule has 1 amide bonds. The van der Waals surface area contributed by atoms with Crippen molar-refractivity contribution >= 4 is 5.91 Å². The van der Waals surface area contributed by atoms with E-state index in [2.05, 4.69) is 6.07 Å². The first-order valence-corrected chi connectivity index (χ1v) is 6.85. The van der Waals surface area contributed by atoms with Crippen LogP contribution in [0.15, 0.2) is 18.2 Å². The molecule has 19 heavy (non-hydrogen) atoms. The third kappa shape index (κ3) is 3.07. The Labute approximate surface area is 114 Å². The number of nitrogens with zero attached hydrogens (tertiary/aromatic N) is 1. The minimum atomic E-state index is -0.0669. The maximum absolute atomic E-state index is 12.2. The zero-order valence-corrected chi connectivity index (χ0v) is 11.7. The van der Waals surface area contributed by atoms with E-state index >= 15 is 0 Å². The quantitative estimate of drug-likeness (QED) is 0.876. The van der Waals surface area contributed by atoms with Gasteiger partial charge in [-0.3, -0.25) is 4.79 Å². The van der Waals surface area contributed by atoms with Gasteiger partial charge in [-0.2, -0.15) is 0 Å². The standard InChI is InChI=1S/C15H22N2O2/c1-3-12(9-16)15(18)17(2)10-11-4-5-14-13(8-11)6-7-19-14/h4-5,8,12H,3,6-7,9-10,16H2,1-2H3. The largest absolute Gasteiger partial charge is 0.493 e. The maximum Gasteiger partial charge on any atom is 0.226 e. The van der Waals surface area contributed by atoms with E-state index < -0.39 is 0 Å². The fourth-order valence-electron chi connectivity index (χ4n) is 2.44. The zero-order valence-electron chi connectivity index (χ0n) is 11.7. The minimum absolute atomic E-state index is 0.0669. The summed E-state index contributed by atoms with van der Waals surface area (Å²) in [4.78, 5) is 13.9. The first kappa shape index (κ1) is 13.9. The summed E-state index contributed by atoms with van der Waals surface area (Å²) in [7, 11) is 1.84. The van der Waals surface area contributed by atoms with Crippen molar-refractivity contribution in [3.63, 3.8) is 0 Å². The Morgan fingerprint density at radius 3 is 3.00 bits per heavy atom. The van der Waals surface area contributed by atoms with Gasteiger partial charge in [-0.05, 0) is 23.6 Å². The van der Waals surface area contributed by atoms with Crippen molar-refractivity contribution < 1.29 is 9.53 Å². The van der Waals surface area contributed by atoms with Crippen molar-refractivity contribution in [3.05, 3.63) is 29.3 Å². The molecule has 0 spiro atoms. The van der Waals surface area contributed by atoms with Crippen LogP contribution in [0.4, 0.5) is 0 Å². The van der Waals surface area contributed by atoms with E-state index in [1.54, 1.807) is 4.90 Å². The van der Waals surface area contributed by atoms with Gasteiger partial charge in [0.25, 0.3) is 0 Å². The van der Waals surface area contributed by atoms with Crippen LogP contribution in [0.25, 0.3) is 0 Å². The highest BCUT2D eigenvalue weighted by Crippen LogP contribution is 2.26. The zero-order chi connectivity index (χ0) is 13.8. The van der Waals surface area contributed by atoms with E-state index in [1.807, 2.05) is 26.1 Å². The number of hydrogen-bond donors (Lipinski definition) is 1. The second-order valence-corrected chi connectivity index (χ2v) is 5.08. The summed E-state index contributed by atoms with van der Waals surface area (Å²) in [5.41, 5.74) is 8.01. The lowest BCUT2D eigenvalue weighted by Gasteiger charge is -2.22. The summed E-state index contributed by atoms with van der Waals surface area (Å²) >= 11 is 0. The summed E-state index contributed by atoms with van der Waals surface area (Å²) in [6, 6.07) is 6.16. The number of nitrogens with two attached hydrogens (primary N) is 1. The summed E-state index contributed by atoms with van der Waals surface area (Å²) in [6.07, 6.45) is 1.75. The van der Waals surface area contributed by atoms with E-state index in [4.69, 9.17) is 10.5 Å². The maximum atomic E-state index is 12.2. The van der Waals surface area contributed by atoms with Crippen molar-refractivity contribution in [2.75, 3.05) is 20.2 Å². The Bertz CT molecular complexity index is 455. The van der Waals surface area contributed by atoms with Crippen LogP contribution >= 0.6 is 0 Å². The molecule has 0 fully saturated rings. The lowest BCUT2D eigenvalue weighted by Crippen LogP contribution is -2.35. The van der Waals surface area contributed by atoms with Gasteiger partial charge in [-0.15, -0.1) is 0 Å². The molecule has 1 aromatic carbocycles. The number of carbonyl (C=O) groups excluding carboxylic acids is 1. The molecule has 0 radical (unpaired) electrons. The molecule has 1 atom stereocenters. The van der Waals surface area contributed by atoms with Crippen molar-refractivity contribution in [1.29, 1.82) is 0 Å². The van der Waals surface area contributed by atoms with Gasteiger partial charge in [-0.25, -0.2) is 0 Å². The molecule has 1 heterocycles. The lowest BCUT2D eigenvalue weighted by atomic mass is 10.0. The van der Waals surface area contributed by atoms with Gasteiger partial charge in [0, 0.05) is 26.6 Å². The van der Waals surface area contributed by atoms with Crippen molar-refractivity contribution in [2.45, 2.75) is 26.3 Å². The van der Waals surface area contributed by atoms with Gasteiger partial charge in [-0.1, -0.05) is 19.1 Å². The van der Waals surface area contributed by atoms with Crippen LogP contribution in [0.3, 0.4) is 0 Å². The molecule has 0 aromatic heterocycles. The Kier molecular flexibility index (Phi) is 4.43. The van der Waals surface area contributed by atoms with E-state index in [1.165, 1.54) is 5.56 Å². The number of carbonyl (C=O) groups is 1. The normalized spacial score (nSPS) is 14.7. The topological polar surface area (TPSA) is 55.6 Å². The average Bonchev–Trinajstić information content (AvgIpc) is 2.87. The van der Waals surface area contributed by atoms with Crippen LogP contribution in [-0.2, 0) is 17.8 Å². The molecule has 2 N–H and O–H groups in total. The Morgan fingerprint density at radius 1 is 1.53 bits per heavy atom. The minimum Gasteiger partial charge on any atom is -0.493 e. The van der Waals surface area contributed by atoms with E-state index in [9.17, 15) is 4.79 Å². The number of benzene rings is 1. The molecule has 4 nitrogen and oxygen atoms in total. The molecule has 104 valence electrons. The van der Waals surface area contributed by atoms with Crippen molar-refractivity contribution in [2.24, 2.45) is 11.7 Å². The van der Waals surface area contributed by atoms with Gasteiger partial charge in [0.2, 0.25) is 5.91 Å². The number of rotatable bonds is 5. The third-order valence-corrected chi connectivity index (χ3v) is 3.68. The molecule has 1 aromatic rings. The van der Waals surface area contributed by atoms with Gasteiger partial charge in [0.1, 0.15) is 5.75 Å². The molecule has 0 saturated heterocycles. The van der Waals surface area contributed by atoms with Crippen LogP contribution in [0.5, 0.6) is 5.75 Å². The number of amides is 1. The molecule has 4 heteroatoms. The lowest BCUT2D eigenvalue weighted by molar-refractivity contribution is -0.134. The fraction of sp³-hybridized carbons (Fsp3) is 0.533. The van der Waals surface area contributed by atoms with Crippen LogP contribution in [-0.4, -0.2) is 31.0 Å². The van der Waals surface area contributed by atoms with Crippen molar-refractivity contribution in [1.82, 2.24) is 4.90 Å². The Balaban J connectivity index is 2.02. The van der Waals surface area contributed by atoms with Crippen LogP contribution in [0.2, 0.25) is 0 Å². The molecule has 0 bridgehead atoms. The first-order valence-electron chi connectivity index (χ1n) is 6.85. The Hall–Kier alpha value is -1.55. The van der Waals surface area contributed by atoms with Crippen molar-refractivity contribution in [3.8, 4) is 5.75 Å². The molecule has 1 aliphatic rings. The SMILES string of the molecule is CCC(CN)C(=O)N(C)Cc1ccc2c(c1)CCO2. The highest BCUT2D eigenvalue weighted by Gasteiger charge is 2.19. The highest BCUT2D eigenvalue weighted by molar-refractivity contribution is 5.78. The molecule has 1 unspecified atom stereocenters. The summed E-state index contributed by atoms with van der Waals surface area (Å²) in [5, 5.41) is 0. The monoisotopic (exact) mass is 262 g/mol. The van der Waals surface area contributed by atoms with Gasteiger partial charge in [0.15, 0.2) is 0 Å². The van der Waals surface area contributed by atoms with E-state index in [0.29, 0.717) is 13.1 Å². The van der Waals surface area contributed by atoms with Gasteiger partial charge < -0.3 is 15.4 Å². The summed E-state index contributed by atoms with van der Waals surface area (Å²) < 4.78 is 5.48. The van der Waals surface area contributed by atoms with Gasteiger partial charge in [0.05, 0.1) is 12.5 Å². The molecular formula is C15H22N2O2. The van der Waals surface area contributed by atoms with Crippen LogP contribution in [0, 0.1) is 5.92 Å². The fourth-order valence-corrected chi connectivity index (χ4v) is 2.44. The average molecular weight is 262 g/mol. The van der Waals surface area contributed by atoms with E-state index in [0.717, 1.165) is 30.8 Å². The molecular weight excluding hydrogens is 240 g/mol. The predicted molar refractivity (Wildman–Crippen MR) is 75.0 cm³/mol. The van der Waals surface area contributed by atoms with Crippen LogP contribution in [0.1, 0.15) is 24.5 Å². The van der Waals surface area contributed by atoms with E-state index in [-0.39, 0.29) is 11.8 Å². The Morgan fingerprint density at radius 2 is 2.32 bits per heavy atom. The number of fused-ring (bicyclic) bond motifs is 1. The molecule has 1 aliphatic heterocycles. The third-order valence-electron chi connectivity index (χ3n) is 3.68. The highest BCUT2D eigenvalue weighted by atomic mass is 16.5. The second-order valence-electron chi connectivity index (χ2n) is 5.08.